The second-order valence-electron chi connectivity index (χ2n) is 5.45. The van der Waals surface area contributed by atoms with Crippen LogP contribution in [0.5, 0.6) is 0 Å². The van der Waals surface area contributed by atoms with Crippen molar-refractivity contribution in [3.05, 3.63) is 65.2 Å². The normalized spacial score (nSPS) is 13.8. The molecule has 0 heterocycles. The lowest BCUT2D eigenvalue weighted by atomic mass is 9.87. The summed E-state index contributed by atoms with van der Waals surface area (Å²) < 4.78 is 0. The molecule has 2 aromatic rings. The predicted octanol–water partition coefficient (Wildman–Crippen LogP) is 4.01. The monoisotopic (exact) mass is 269 g/mol. The number of benzene rings is 2. The minimum absolute atomic E-state index is 0.0699. The van der Waals surface area contributed by atoms with Gasteiger partial charge in [-0.1, -0.05) is 48.9 Å². The molecule has 0 aliphatic heterocycles. The molecule has 2 heteroatoms. The van der Waals surface area contributed by atoms with E-state index in [0.29, 0.717) is 0 Å². The van der Waals surface area contributed by atoms with Crippen LogP contribution in [0.3, 0.4) is 0 Å². The van der Waals surface area contributed by atoms with Crippen LogP contribution in [0.25, 0.3) is 0 Å². The number of anilines is 1. The maximum atomic E-state index is 9.97. The average Bonchev–Trinajstić information content (AvgIpc) is 2.46. The summed E-state index contributed by atoms with van der Waals surface area (Å²) in [6, 6.07) is 16.6. The number of aliphatic hydroxyl groups is 1. The van der Waals surface area contributed by atoms with E-state index in [9.17, 15) is 5.11 Å². The van der Waals surface area contributed by atoms with Gasteiger partial charge in [-0.2, -0.15) is 0 Å². The van der Waals surface area contributed by atoms with E-state index in [2.05, 4.69) is 62.5 Å². The Morgan fingerprint density at radius 1 is 1.00 bits per heavy atom. The molecule has 2 rings (SSSR count). The molecule has 0 aromatic heterocycles. The van der Waals surface area contributed by atoms with Gasteiger partial charge in [0.05, 0.1) is 12.1 Å². The molecule has 2 nitrogen and oxygen atoms in total. The largest absolute Gasteiger partial charge is 0.394 e. The fourth-order valence-electron chi connectivity index (χ4n) is 2.48. The van der Waals surface area contributed by atoms with Crippen molar-refractivity contribution in [2.75, 3.05) is 11.9 Å². The van der Waals surface area contributed by atoms with Crippen molar-refractivity contribution >= 4 is 5.69 Å². The highest BCUT2D eigenvalue weighted by Gasteiger charge is 2.29. The van der Waals surface area contributed by atoms with E-state index in [1.165, 1.54) is 11.1 Å². The van der Waals surface area contributed by atoms with Gasteiger partial charge in [0, 0.05) is 5.69 Å². The first-order valence-electron chi connectivity index (χ1n) is 7.12. The SMILES string of the molecule is CCC(CO)(Nc1cccc(C)c1)c1ccc(C)cc1. The van der Waals surface area contributed by atoms with Crippen LogP contribution < -0.4 is 5.32 Å². The van der Waals surface area contributed by atoms with Crippen molar-refractivity contribution in [3.63, 3.8) is 0 Å². The van der Waals surface area contributed by atoms with Gasteiger partial charge in [-0.15, -0.1) is 0 Å². The number of hydrogen-bond donors (Lipinski definition) is 2. The Morgan fingerprint density at radius 3 is 2.25 bits per heavy atom. The van der Waals surface area contributed by atoms with Crippen molar-refractivity contribution in [3.8, 4) is 0 Å². The van der Waals surface area contributed by atoms with Crippen molar-refractivity contribution in [2.45, 2.75) is 32.7 Å². The Morgan fingerprint density at radius 2 is 1.70 bits per heavy atom. The van der Waals surface area contributed by atoms with Gasteiger partial charge in [-0.05, 0) is 43.5 Å². The minimum atomic E-state index is -0.429. The summed E-state index contributed by atoms with van der Waals surface area (Å²) in [4.78, 5) is 0. The summed E-state index contributed by atoms with van der Waals surface area (Å²) in [6.45, 7) is 6.31. The van der Waals surface area contributed by atoms with Crippen molar-refractivity contribution in [1.82, 2.24) is 0 Å². The van der Waals surface area contributed by atoms with Crippen molar-refractivity contribution in [1.29, 1.82) is 0 Å². The molecule has 0 fully saturated rings. The maximum Gasteiger partial charge on any atom is 0.0854 e. The van der Waals surface area contributed by atoms with Gasteiger partial charge in [0.2, 0.25) is 0 Å². The number of aryl methyl sites for hydroxylation is 2. The van der Waals surface area contributed by atoms with E-state index in [-0.39, 0.29) is 6.61 Å². The van der Waals surface area contributed by atoms with Crippen molar-refractivity contribution in [2.24, 2.45) is 0 Å². The lowest BCUT2D eigenvalue weighted by Gasteiger charge is -2.34. The van der Waals surface area contributed by atoms with Crippen LogP contribution in [-0.2, 0) is 5.54 Å². The molecule has 0 amide bonds. The zero-order valence-electron chi connectivity index (χ0n) is 12.5. The summed E-state index contributed by atoms with van der Waals surface area (Å²) in [5.41, 5.74) is 4.17. The van der Waals surface area contributed by atoms with E-state index in [0.717, 1.165) is 17.7 Å². The van der Waals surface area contributed by atoms with Crippen LogP contribution in [0.15, 0.2) is 48.5 Å². The molecule has 0 spiro atoms. The molecule has 0 bridgehead atoms. The summed E-state index contributed by atoms with van der Waals surface area (Å²) in [5, 5.41) is 13.5. The number of aliphatic hydroxyl groups excluding tert-OH is 1. The van der Waals surface area contributed by atoms with Crippen LogP contribution >= 0.6 is 0 Å². The van der Waals surface area contributed by atoms with Gasteiger partial charge >= 0.3 is 0 Å². The van der Waals surface area contributed by atoms with Gasteiger partial charge in [0.15, 0.2) is 0 Å². The Labute approximate surface area is 121 Å². The zero-order valence-corrected chi connectivity index (χ0v) is 12.5. The highest BCUT2D eigenvalue weighted by molar-refractivity contribution is 5.50. The van der Waals surface area contributed by atoms with E-state index in [1.807, 2.05) is 12.1 Å². The predicted molar refractivity (Wildman–Crippen MR) is 85.0 cm³/mol. The fourth-order valence-corrected chi connectivity index (χ4v) is 2.48. The highest BCUT2D eigenvalue weighted by atomic mass is 16.3. The van der Waals surface area contributed by atoms with Gasteiger partial charge in [0.25, 0.3) is 0 Å². The fraction of sp³-hybridized carbons (Fsp3) is 0.333. The maximum absolute atomic E-state index is 9.97. The molecule has 0 saturated heterocycles. The van der Waals surface area contributed by atoms with E-state index >= 15 is 0 Å². The first-order chi connectivity index (χ1) is 9.59. The smallest absolute Gasteiger partial charge is 0.0854 e. The van der Waals surface area contributed by atoms with Gasteiger partial charge < -0.3 is 10.4 Å². The van der Waals surface area contributed by atoms with Crippen LogP contribution in [0.4, 0.5) is 5.69 Å². The summed E-state index contributed by atoms with van der Waals surface area (Å²) in [5.74, 6) is 0. The Kier molecular flexibility index (Phi) is 4.46. The van der Waals surface area contributed by atoms with Crippen LogP contribution in [0.1, 0.15) is 30.0 Å². The zero-order chi connectivity index (χ0) is 14.6. The molecule has 106 valence electrons. The van der Waals surface area contributed by atoms with E-state index in [4.69, 9.17) is 0 Å². The third-order valence-electron chi connectivity index (χ3n) is 3.88. The highest BCUT2D eigenvalue weighted by Crippen LogP contribution is 2.30. The van der Waals surface area contributed by atoms with Crippen LogP contribution in [-0.4, -0.2) is 11.7 Å². The van der Waals surface area contributed by atoms with Gasteiger partial charge in [-0.25, -0.2) is 0 Å². The molecule has 2 N–H and O–H groups in total. The van der Waals surface area contributed by atoms with E-state index in [1.54, 1.807) is 0 Å². The molecule has 1 unspecified atom stereocenters. The van der Waals surface area contributed by atoms with E-state index < -0.39 is 5.54 Å². The first-order valence-corrected chi connectivity index (χ1v) is 7.12. The molecule has 20 heavy (non-hydrogen) atoms. The number of hydrogen-bond acceptors (Lipinski definition) is 2. The molecular weight excluding hydrogens is 246 g/mol. The second kappa shape index (κ2) is 6.10. The molecule has 0 aliphatic rings. The van der Waals surface area contributed by atoms with Crippen molar-refractivity contribution < 1.29 is 5.11 Å². The third-order valence-corrected chi connectivity index (χ3v) is 3.88. The molecule has 0 radical (unpaired) electrons. The molecule has 0 aliphatic carbocycles. The van der Waals surface area contributed by atoms with Gasteiger partial charge in [0.1, 0.15) is 0 Å². The Bertz CT molecular complexity index is 556. The lowest BCUT2D eigenvalue weighted by molar-refractivity contribution is 0.207. The summed E-state index contributed by atoms with van der Waals surface area (Å²) in [6.07, 6.45) is 0.820. The molecule has 0 saturated carbocycles. The Hall–Kier alpha value is -1.80. The second-order valence-corrected chi connectivity index (χ2v) is 5.45. The topological polar surface area (TPSA) is 32.3 Å². The molecule has 1 atom stereocenters. The lowest BCUT2D eigenvalue weighted by Crippen LogP contribution is -2.38. The summed E-state index contributed by atoms with van der Waals surface area (Å²) >= 11 is 0. The summed E-state index contributed by atoms with van der Waals surface area (Å²) in [7, 11) is 0. The first kappa shape index (κ1) is 14.6. The van der Waals surface area contributed by atoms with Crippen LogP contribution in [0.2, 0.25) is 0 Å². The Balaban J connectivity index is 2.36. The minimum Gasteiger partial charge on any atom is -0.394 e. The number of nitrogens with one attached hydrogen (secondary N) is 1. The van der Waals surface area contributed by atoms with Gasteiger partial charge in [-0.3, -0.25) is 0 Å². The molecule has 2 aromatic carbocycles. The molecular formula is C18H23NO. The quantitative estimate of drug-likeness (QED) is 0.859. The number of rotatable bonds is 5. The average molecular weight is 269 g/mol. The standard InChI is InChI=1S/C18H23NO/c1-4-18(13-20,16-10-8-14(2)9-11-16)19-17-7-5-6-15(3)12-17/h5-12,19-20H,4,13H2,1-3H3. The third kappa shape index (κ3) is 3.02. The van der Waals surface area contributed by atoms with Crippen LogP contribution in [0, 0.1) is 13.8 Å².